The van der Waals surface area contributed by atoms with Gasteiger partial charge in [0.2, 0.25) is 0 Å². The lowest BCUT2D eigenvalue weighted by atomic mass is 9.94. The summed E-state index contributed by atoms with van der Waals surface area (Å²) in [4.78, 5) is 0. The van der Waals surface area contributed by atoms with Gasteiger partial charge in [0.1, 0.15) is 0 Å². The molecule has 0 amide bonds. The number of aryl methyl sites for hydroxylation is 2. The molecule has 0 saturated heterocycles. The van der Waals surface area contributed by atoms with E-state index >= 15 is 0 Å². The summed E-state index contributed by atoms with van der Waals surface area (Å²) in [6.07, 6.45) is 2.23. The van der Waals surface area contributed by atoms with Crippen molar-refractivity contribution < 1.29 is 0 Å². The molecule has 1 aromatic carbocycles. The van der Waals surface area contributed by atoms with Crippen LogP contribution in [0.1, 0.15) is 29.2 Å². The molecule has 1 unspecified atom stereocenters. The van der Waals surface area contributed by atoms with Gasteiger partial charge in [-0.3, -0.25) is 0 Å². The second kappa shape index (κ2) is 6.88. The minimum atomic E-state index is 0.527. The Bertz CT molecular complexity index is 482. The summed E-state index contributed by atoms with van der Waals surface area (Å²) in [6, 6.07) is 9.35. The second-order valence-electron chi connectivity index (χ2n) is 5.16. The molecule has 1 nitrogen and oxygen atoms in total. The van der Waals surface area contributed by atoms with Crippen molar-refractivity contribution in [2.24, 2.45) is 0 Å². The lowest BCUT2D eigenvalue weighted by molar-refractivity contribution is 0.520. The largest absolute Gasteiger partial charge is 0.314 e. The van der Waals surface area contributed by atoms with Gasteiger partial charge in [0.05, 0.1) is 0 Å². The van der Waals surface area contributed by atoms with Gasteiger partial charge in [0, 0.05) is 6.04 Å². The third-order valence-electron chi connectivity index (χ3n) is 3.65. The van der Waals surface area contributed by atoms with Crippen molar-refractivity contribution in [2.75, 3.05) is 6.54 Å². The van der Waals surface area contributed by atoms with Crippen LogP contribution in [-0.4, -0.2) is 12.6 Å². The highest BCUT2D eigenvalue weighted by molar-refractivity contribution is 7.07. The van der Waals surface area contributed by atoms with Crippen LogP contribution in [0.2, 0.25) is 0 Å². The summed E-state index contributed by atoms with van der Waals surface area (Å²) >= 11 is 1.78. The Kier molecular flexibility index (Phi) is 5.17. The van der Waals surface area contributed by atoms with Crippen LogP contribution >= 0.6 is 11.3 Å². The molecule has 0 fully saturated rings. The smallest absolute Gasteiger partial charge is 0.0148 e. The Balaban J connectivity index is 2.12. The van der Waals surface area contributed by atoms with Gasteiger partial charge in [-0.05, 0) is 72.3 Å². The maximum atomic E-state index is 3.63. The lowest BCUT2D eigenvalue weighted by Crippen LogP contribution is -2.33. The molecule has 1 heterocycles. The summed E-state index contributed by atoms with van der Waals surface area (Å²) < 4.78 is 0. The molecule has 1 atom stereocenters. The van der Waals surface area contributed by atoms with Gasteiger partial charge >= 0.3 is 0 Å². The zero-order valence-corrected chi connectivity index (χ0v) is 12.9. The Morgan fingerprint density at radius 3 is 2.42 bits per heavy atom. The molecule has 0 aliphatic carbocycles. The highest BCUT2D eigenvalue weighted by Crippen LogP contribution is 2.18. The highest BCUT2D eigenvalue weighted by Gasteiger charge is 2.12. The van der Waals surface area contributed by atoms with Crippen molar-refractivity contribution in [3.8, 4) is 0 Å². The summed E-state index contributed by atoms with van der Waals surface area (Å²) in [5.41, 5.74) is 5.77. The normalized spacial score (nSPS) is 12.6. The van der Waals surface area contributed by atoms with E-state index in [1.54, 1.807) is 11.3 Å². The summed E-state index contributed by atoms with van der Waals surface area (Å²) in [7, 11) is 0. The van der Waals surface area contributed by atoms with Crippen molar-refractivity contribution in [3.63, 3.8) is 0 Å². The first-order chi connectivity index (χ1) is 9.20. The first-order valence-electron chi connectivity index (χ1n) is 7.00. The molecule has 0 bridgehead atoms. The number of hydrogen-bond acceptors (Lipinski definition) is 2. The monoisotopic (exact) mass is 273 g/mol. The Morgan fingerprint density at radius 2 is 1.84 bits per heavy atom. The molecule has 0 saturated carbocycles. The van der Waals surface area contributed by atoms with E-state index < -0.39 is 0 Å². The highest BCUT2D eigenvalue weighted by atomic mass is 32.1. The first kappa shape index (κ1) is 14.3. The van der Waals surface area contributed by atoms with Gasteiger partial charge in [0.25, 0.3) is 0 Å². The topological polar surface area (TPSA) is 12.0 Å². The molecule has 0 aliphatic heterocycles. The van der Waals surface area contributed by atoms with E-state index in [2.05, 4.69) is 61.1 Å². The van der Waals surface area contributed by atoms with E-state index in [-0.39, 0.29) is 0 Å². The third kappa shape index (κ3) is 3.92. The zero-order valence-electron chi connectivity index (χ0n) is 12.1. The fourth-order valence-corrected chi connectivity index (χ4v) is 3.30. The van der Waals surface area contributed by atoms with Crippen LogP contribution in [0, 0.1) is 13.8 Å². The second-order valence-corrected chi connectivity index (χ2v) is 5.94. The third-order valence-corrected chi connectivity index (χ3v) is 4.38. The van der Waals surface area contributed by atoms with Crippen LogP contribution in [0.5, 0.6) is 0 Å². The molecular weight excluding hydrogens is 250 g/mol. The van der Waals surface area contributed by atoms with Crippen LogP contribution in [0.4, 0.5) is 0 Å². The van der Waals surface area contributed by atoms with E-state index in [4.69, 9.17) is 0 Å². The number of likely N-dealkylation sites (N-methyl/N-ethyl adjacent to an activating group) is 1. The van der Waals surface area contributed by atoms with Gasteiger partial charge in [-0.25, -0.2) is 0 Å². The number of benzene rings is 1. The summed E-state index contributed by atoms with van der Waals surface area (Å²) in [6.45, 7) is 7.65. The maximum absolute atomic E-state index is 3.63. The van der Waals surface area contributed by atoms with Crippen LogP contribution in [0.25, 0.3) is 0 Å². The molecule has 0 aliphatic rings. The lowest BCUT2D eigenvalue weighted by Gasteiger charge is -2.20. The van der Waals surface area contributed by atoms with Crippen LogP contribution < -0.4 is 5.32 Å². The van der Waals surface area contributed by atoms with Crippen molar-refractivity contribution in [1.29, 1.82) is 0 Å². The maximum Gasteiger partial charge on any atom is 0.0148 e. The van der Waals surface area contributed by atoms with Gasteiger partial charge < -0.3 is 5.32 Å². The fourth-order valence-electron chi connectivity index (χ4n) is 2.62. The molecule has 0 radical (unpaired) electrons. The van der Waals surface area contributed by atoms with E-state index in [9.17, 15) is 0 Å². The zero-order chi connectivity index (χ0) is 13.7. The number of rotatable bonds is 6. The van der Waals surface area contributed by atoms with E-state index in [0.717, 1.165) is 19.4 Å². The van der Waals surface area contributed by atoms with Crippen LogP contribution in [0.3, 0.4) is 0 Å². The van der Waals surface area contributed by atoms with Gasteiger partial charge in [-0.1, -0.05) is 25.1 Å². The van der Waals surface area contributed by atoms with E-state index in [1.807, 2.05) is 0 Å². The number of nitrogens with one attached hydrogen (secondary N) is 1. The van der Waals surface area contributed by atoms with Gasteiger partial charge in [0.15, 0.2) is 0 Å². The fraction of sp³-hybridized carbons (Fsp3) is 0.412. The van der Waals surface area contributed by atoms with Crippen molar-refractivity contribution in [3.05, 3.63) is 57.3 Å². The minimum Gasteiger partial charge on any atom is -0.314 e. The molecular formula is C17H23NS. The Labute approximate surface area is 120 Å². The molecule has 2 heteroatoms. The SMILES string of the molecule is CCNC(Cc1ccsc1)Cc1c(C)cccc1C. The molecule has 2 rings (SSSR count). The average molecular weight is 273 g/mol. The molecule has 1 aromatic heterocycles. The predicted octanol–water partition coefficient (Wildman–Crippen LogP) is 4.13. The van der Waals surface area contributed by atoms with E-state index in [0.29, 0.717) is 6.04 Å². The molecule has 2 aromatic rings. The van der Waals surface area contributed by atoms with Crippen molar-refractivity contribution in [1.82, 2.24) is 5.32 Å². The van der Waals surface area contributed by atoms with Crippen molar-refractivity contribution in [2.45, 2.75) is 39.7 Å². The van der Waals surface area contributed by atoms with Gasteiger partial charge in [-0.15, -0.1) is 0 Å². The molecule has 1 N–H and O–H groups in total. The predicted molar refractivity (Wildman–Crippen MR) is 85.1 cm³/mol. The Morgan fingerprint density at radius 1 is 1.11 bits per heavy atom. The standard InChI is InChI=1S/C17H23NS/c1-4-18-16(10-15-8-9-19-12-15)11-17-13(2)6-5-7-14(17)3/h5-9,12,16,18H,4,10-11H2,1-3H3. The summed E-state index contributed by atoms with van der Waals surface area (Å²) in [5, 5.41) is 8.05. The van der Waals surface area contributed by atoms with E-state index in [1.165, 1.54) is 22.3 Å². The molecule has 102 valence electrons. The van der Waals surface area contributed by atoms with Crippen LogP contribution in [0.15, 0.2) is 35.0 Å². The number of thiophene rings is 1. The Hall–Kier alpha value is -1.12. The first-order valence-corrected chi connectivity index (χ1v) is 7.94. The minimum absolute atomic E-state index is 0.527. The quantitative estimate of drug-likeness (QED) is 0.834. The molecule has 0 spiro atoms. The van der Waals surface area contributed by atoms with Crippen molar-refractivity contribution >= 4 is 11.3 Å². The average Bonchev–Trinajstić information content (AvgIpc) is 2.87. The number of hydrogen-bond donors (Lipinski definition) is 1. The summed E-state index contributed by atoms with van der Waals surface area (Å²) in [5.74, 6) is 0. The molecule has 19 heavy (non-hydrogen) atoms. The van der Waals surface area contributed by atoms with Crippen LogP contribution in [-0.2, 0) is 12.8 Å². The van der Waals surface area contributed by atoms with Gasteiger partial charge in [-0.2, -0.15) is 11.3 Å².